The molecule has 3 aromatic carbocycles. The molecule has 33 heavy (non-hydrogen) atoms. The van der Waals surface area contributed by atoms with Crippen molar-refractivity contribution in [3.63, 3.8) is 0 Å². The van der Waals surface area contributed by atoms with Crippen molar-refractivity contribution in [2.45, 2.75) is 13.5 Å². The molecule has 1 amide bonds. The predicted octanol–water partition coefficient (Wildman–Crippen LogP) is 3.88. The standard InChI is InChI=1S/C25H24N2O5S/c1-19-7-9-20(10-8-19)15-16-33(30,31)26-17-24(28)32-18-21-11-13-22(14-12-21)25(29)27-23-5-3-2-4-6-23/h2-16,26H,17-18H2,1H3,(H,27,29)/b16-15+. The number of carbonyl (C=O) groups excluding carboxylic acids is 2. The van der Waals surface area contributed by atoms with E-state index in [9.17, 15) is 18.0 Å². The zero-order valence-electron chi connectivity index (χ0n) is 18.0. The Morgan fingerprint density at radius 2 is 1.58 bits per heavy atom. The van der Waals surface area contributed by atoms with Gasteiger partial charge in [-0.1, -0.05) is 60.2 Å². The van der Waals surface area contributed by atoms with E-state index in [1.807, 2.05) is 37.3 Å². The van der Waals surface area contributed by atoms with Gasteiger partial charge in [-0.05, 0) is 48.4 Å². The van der Waals surface area contributed by atoms with Gasteiger partial charge in [-0.2, -0.15) is 0 Å². The summed E-state index contributed by atoms with van der Waals surface area (Å²) in [6.07, 6.45) is 1.45. The molecule has 170 valence electrons. The number of amides is 1. The quantitative estimate of drug-likeness (QED) is 0.468. The second-order valence-electron chi connectivity index (χ2n) is 7.26. The highest BCUT2D eigenvalue weighted by Crippen LogP contribution is 2.11. The Morgan fingerprint density at radius 1 is 0.909 bits per heavy atom. The molecule has 0 aliphatic rings. The number of nitrogens with one attached hydrogen (secondary N) is 2. The van der Waals surface area contributed by atoms with E-state index in [1.165, 1.54) is 6.08 Å². The van der Waals surface area contributed by atoms with Crippen LogP contribution in [0.2, 0.25) is 0 Å². The molecule has 0 aliphatic carbocycles. The number of ether oxygens (including phenoxy) is 1. The minimum absolute atomic E-state index is 0.0413. The van der Waals surface area contributed by atoms with E-state index in [-0.39, 0.29) is 12.5 Å². The van der Waals surface area contributed by atoms with Crippen LogP contribution >= 0.6 is 0 Å². The third-order valence-electron chi connectivity index (χ3n) is 4.58. The third-order valence-corrected chi connectivity index (χ3v) is 5.62. The lowest BCUT2D eigenvalue weighted by atomic mass is 10.1. The summed E-state index contributed by atoms with van der Waals surface area (Å²) in [7, 11) is -3.78. The van der Waals surface area contributed by atoms with Crippen molar-refractivity contribution in [2.75, 3.05) is 11.9 Å². The number of benzene rings is 3. The first-order chi connectivity index (χ1) is 15.8. The summed E-state index contributed by atoms with van der Waals surface area (Å²) in [6, 6.07) is 23.0. The fraction of sp³-hybridized carbons (Fsp3) is 0.120. The number of anilines is 1. The van der Waals surface area contributed by atoms with Gasteiger partial charge in [0.15, 0.2) is 0 Å². The zero-order valence-corrected chi connectivity index (χ0v) is 18.8. The van der Waals surface area contributed by atoms with Crippen LogP contribution in [0.1, 0.15) is 27.0 Å². The van der Waals surface area contributed by atoms with E-state index in [0.717, 1.165) is 16.5 Å². The topological polar surface area (TPSA) is 102 Å². The molecule has 0 heterocycles. The van der Waals surface area contributed by atoms with Crippen molar-refractivity contribution >= 4 is 33.7 Å². The molecule has 0 radical (unpaired) electrons. The number of para-hydroxylation sites is 1. The fourth-order valence-electron chi connectivity index (χ4n) is 2.75. The lowest BCUT2D eigenvalue weighted by Gasteiger charge is -2.08. The van der Waals surface area contributed by atoms with Gasteiger partial charge in [0.1, 0.15) is 13.2 Å². The molecule has 0 atom stereocenters. The molecule has 7 nitrogen and oxygen atoms in total. The Morgan fingerprint density at radius 3 is 2.24 bits per heavy atom. The van der Waals surface area contributed by atoms with Gasteiger partial charge < -0.3 is 10.1 Å². The average Bonchev–Trinajstić information content (AvgIpc) is 2.82. The molecule has 0 aliphatic heterocycles. The fourth-order valence-corrected chi connectivity index (χ4v) is 3.50. The average molecular weight is 465 g/mol. The lowest BCUT2D eigenvalue weighted by molar-refractivity contribution is -0.143. The molecule has 3 rings (SSSR count). The number of esters is 1. The molecular formula is C25H24N2O5S. The van der Waals surface area contributed by atoms with Gasteiger partial charge in [0.2, 0.25) is 10.0 Å². The van der Waals surface area contributed by atoms with E-state index in [4.69, 9.17) is 4.74 Å². The maximum atomic E-state index is 12.3. The molecule has 0 fully saturated rings. The van der Waals surface area contributed by atoms with Crippen LogP contribution in [0.3, 0.4) is 0 Å². The molecule has 8 heteroatoms. The van der Waals surface area contributed by atoms with Gasteiger partial charge in [-0.15, -0.1) is 0 Å². The predicted molar refractivity (Wildman–Crippen MR) is 128 cm³/mol. The van der Waals surface area contributed by atoms with Gasteiger partial charge in [0, 0.05) is 16.7 Å². The highest BCUT2D eigenvalue weighted by Gasteiger charge is 2.11. The molecular weight excluding hydrogens is 440 g/mol. The molecule has 0 saturated heterocycles. The summed E-state index contributed by atoms with van der Waals surface area (Å²) >= 11 is 0. The normalized spacial score (nSPS) is 11.3. The monoisotopic (exact) mass is 464 g/mol. The number of rotatable bonds is 9. The largest absolute Gasteiger partial charge is 0.460 e. The molecule has 3 aromatic rings. The van der Waals surface area contributed by atoms with Crippen LogP contribution in [-0.2, 0) is 26.2 Å². The second kappa shape index (κ2) is 11.2. The maximum absolute atomic E-state index is 12.3. The smallest absolute Gasteiger partial charge is 0.321 e. The molecule has 0 aromatic heterocycles. The number of sulfonamides is 1. The van der Waals surface area contributed by atoms with Gasteiger partial charge in [0.05, 0.1) is 0 Å². The van der Waals surface area contributed by atoms with Crippen LogP contribution in [0.4, 0.5) is 5.69 Å². The third kappa shape index (κ3) is 8.03. The minimum atomic E-state index is -3.78. The second-order valence-corrected chi connectivity index (χ2v) is 8.91. The van der Waals surface area contributed by atoms with Crippen LogP contribution in [0.25, 0.3) is 6.08 Å². The van der Waals surface area contributed by atoms with Gasteiger partial charge >= 0.3 is 5.97 Å². The van der Waals surface area contributed by atoms with Crippen LogP contribution in [-0.4, -0.2) is 26.8 Å². The summed E-state index contributed by atoms with van der Waals surface area (Å²) in [4.78, 5) is 24.2. The van der Waals surface area contributed by atoms with Gasteiger partial charge in [0.25, 0.3) is 5.91 Å². The first-order valence-corrected chi connectivity index (χ1v) is 11.7. The number of hydrogen-bond donors (Lipinski definition) is 2. The number of carbonyl (C=O) groups is 2. The van der Waals surface area contributed by atoms with E-state index < -0.39 is 22.5 Å². The Hall–Kier alpha value is -3.75. The van der Waals surface area contributed by atoms with Crippen molar-refractivity contribution in [3.8, 4) is 0 Å². The Bertz CT molecular complexity index is 1220. The lowest BCUT2D eigenvalue weighted by Crippen LogP contribution is -2.29. The molecule has 0 saturated carbocycles. The highest BCUT2D eigenvalue weighted by molar-refractivity contribution is 7.92. The van der Waals surface area contributed by atoms with E-state index >= 15 is 0 Å². The first-order valence-electron chi connectivity index (χ1n) is 10.2. The van der Waals surface area contributed by atoms with Gasteiger partial charge in [-0.3, -0.25) is 9.59 Å². The van der Waals surface area contributed by atoms with Crippen molar-refractivity contribution in [3.05, 3.63) is 107 Å². The minimum Gasteiger partial charge on any atom is -0.460 e. The summed E-state index contributed by atoms with van der Waals surface area (Å²) in [6.45, 7) is 1.41. The summed E-state index contributed by atoms with van der Waals surface area (Å²) in [5.74, 6) is -0.967. The first kappa shape index (κ1) is 23.9. The van der Waals surface area contributed by atoms with Crippen molar-refractivity contribution in [1.29, 1.82) is 0 Å². The SMILES string of the molecule is Cc1ccc(/C=C/S(=O)(=O)NCC(=O)OCc2ccc(C(=O)Nc3ccccc3)cc2)cc1. The van der Waals surface area contributed by atoms with E-state index in [2.05, 4.69) is 10.0 Å². The van der Waals surface area contributed by atoms with Crippen LogP contribution in [0.15, 0.2) is 84.3 Å². The number of aryl methyl sites for hydroxylation is 1. The van der Waals surface area contributed by atoms with Crippen LogP contribution < -0.4 is 10.0 Å². The maximum Gasteiger partial charge on any atom is 0.321 e. The summed E-state index contributed by atoms with van der Waals surface area (Å²) in [5, 5.41) is 3.79. The molecule has 0 spiro atoms. The molecule has 0 unspecified atom stereocenters. The Kier molecular flexibility index (Phi) is 8.12. The Balaban J connectivity index is 1.44. The molecule has 0 bridgehead atoms. The summed E-state index contributed by atoms with van der Waals surface area (Å²) < 4.78 is 31.4. The van der Waals surface area contributed by atoms with Crippen molar-refractivity contribution in [1.82, 2.24) is 4.72 Å². The van der Waals surface area contributed by atoms with Crippen molar-refractivity contribution < 1.29 is 22.7 Å². The number of hydrogen-bond acceptors (Lipinski definition) is 5. The van der Waals surface area contributed by atoms with E-state index in [0.29, 0.717) is 16.8 Å². The summed E-state index contributed by atoms with van der Waals surface area (Å²) in [5.41, 5.74) is 3.62. The van der Waals surface area contributed by atoms with E-state index in [1.54, 1.807) is 48.5 Å². The van der Waals surface area contributed by atoms with Gasteiger partial charge in [-0.25, -0.2) is 13.1 Å². The van der Waals surface area contributed by atoms with Crippen molar-refractivity contribution in [2.24, 2.45) is 0 Å². The highest BCUT2D eigenvalue weighted by atomic mass is 32.2. The Labute approximate surface area is 193 Å². The molecule has 2 N–H and O–H groups in total. The van der Waals surface area contributed by atoms with Crippen LogP contribution in [0, 0.1) is 6.92 Å². The van der Waals surface area contributed by atoms with Crippen LogP contribution in [0.5, 0.6) is 0 Å². The zero-order chi connectivity index (χ0) is 23.7.